The molecule has 0 spiro atoms. The zero-order valence-corrected chi connectivity index (χ0v) is 10.4. The van der Waals surface area contributed by atoms with E-state index < -0.39 is 0 Å². The van der Waals surface area contributed by atoms with Gasteiger partial charge in [-0.3, -0.25) is 19.8 Å². The van der Waals surface area contributed by atoms with Gasteiger partial charge in [0.25, 0.3) is 0 Å². The summed E-state index contributed by atoms with van der Waals surface area (Å²) in [5.74, 6) is -0.0301. The van der Waals surface area contributed by atoms with Gasteiger partial charge >= 0.3 is 0 Å². The number of hydrogen-bond donors (Lipinski definition) is 3. The quantitative estimate of drug-likeness (QED) is 0.567. The Labute approximate surface area is 106 Å². The molecule has 2 atom stereocenters. The maximum Gasteiger partial charge on any atom is 0.239 e. The molecular formula is C12H20N4O2. The summed E-state index contributed by atoms with van der Waals surface area (Å²) < 4.78 is 0. The fraction of sp³-hybridized carbons (Fsp3) is 0.833. The van der Waals surface area contributed by atoms with Crippen molar-refractivity contribution < 1.29 is 9.59 Å². The summed E-state index contributed by atoms with van der Waals surface area (Å²) in [5.41, 5.74) is 0. The molecule has 0 aromatic carbocycles. The van der Waals surface area contributed by atoms with Crippen LogP contribution in [0.2, 0.25) is 0 Å². The first-order valence-electron chi connectivity index (χ1n) is 6.77. The number of rotatable bonds is 3. The summed E-state index contributed by atoms with van der Waals surface area (Å²) in [6, 6.07) is 0.772. The molecular weight excluding hydrogens is 232 g/mol. The van der Waals surface area contributed by atoms with Crippen LogP contribution in [0, 0.1) is 0 Å². The minimum Gasteiger partial charge on any atom is -0.353 e. The lowest BCUT2D eigenvalue weighted by molar-refractivity contribution is -0.127. The van der Waals surface area contributed by atoms with Gasteiger partial charge in [-0.25, -0.2) is 0 Å². The van der Waals surface area contributed by atoms with Crippen LogP contribution >= 0.6 is 0 Å². The van der Waals surface area contributed by atoms with Crippen molar-refractivity contribution in [2.24, 2.45) is 0 Å². The van der Waals surface area contributed by atoms with Crippen molar-refractivity contribution in [1.82, 2.24) is 20.9 Å². The zero-order valence-electron chi connectivity index (χ0n) is 10.4. The minimum atomic E-state index is -0.280. The van der Waals surface area contributed by atoms with Crippen molar-refractivity contribution in [2.75, 3.05) is 26.2 Å². The summed E-state index contributed by atoms with van der Waals surface area (Å²) in [4.78, 5) is 25.5. The smallest absolute Gasteiger partial charge is 0.239 e. The van der Waals surface area contributed by atoms with Gasteiger partial charge in [0, 0.05) is 31.7 Å². The third-order valence-electron chi connectivity index (χ3n) is 3.96. The fourth-order valence-corrected chi connectivity index (χ4v) is 2.73. The number of carbonyl (C=O) groups is 2. The third kappa shape index (κ3) is 2.64. The number of nitrogens with one attached hydrogen (secondary N) is 3. The molecule has 3 fully saturated rings. The Morgan fingerprint density at radius 2 is 2.17 bits per heavy atom. The molecule has 100 valence electrons. The topological polar surface area (TPSA) is 73.5 Å². The van der Waals surface area contributed by atoms with Crippen molar-refractivity contribution in [3.63, 3.8) is 0 Å². The maximum absolute atomic E-state index is 12.0. The van der Waals surface area contributed by atoms with Gasteiger partial charge in [-0.1, -0.05) is 0 Å². The number of likely N-dealkylation sites (tertiary alicyclic amines) is 1. The summed E-state index contributed by atoms with van der Waals surface area (Å²) in [5, 5.41) is 8.74. The molecule has 3 N–H and O–H groups in total. The monoisotopic (exact) mass is 252 g/mol. The van der Waals surface area contributed by atoms with Crippen molar-refractivity contribution in [3.05, 3.63) is 0 Å². The van der Waals surface area contributed by atoms with Crippen LogP contribution in [0.3, 0.4) is 0 Å². The molecule has 0 radical (unpaired) electrons. The molecule has 0 aromatic heterocycles. The van der Waals surface area contributed by atoms with Gasteiger partial charge in [-0.05, 0) is 19.3 Å². The van der Waals surface area contributed by atoms with E-state index in [2.05, 4.69) is 20.9 Å². The van der Waals surface area contributed by atoms with Crippen LogP contribution in [0.4, 0.5) is 0 Å². The molecule has 0 bridgehead atoms. The highest BCUT2D eigenvalue weighted by Gasteiger charge is 2.35. The summed E-state index contributed by atoms with van der Waals surface area (Å²) in [6.45, 7) is 2.71. The molecule has 1 aliphatic carbocycles. The normalized spacial score (nSPS) is 33.2. The lowest BCUT2D eigenvalue weighted by atomic mass is 10.2. The van der Waals surface area contributed by atoms with Crippen LogP contribution in [-0.2, 0) is 9.59 Å². The number of hydrogen-bond acceptors (Lipinski definition) is 4. The van der Waals surface area contributed by atoms with Crippen LogP contribution in [0.15, 0.2) is 0 Å². The van der Waals surface area contributed by atoms with E-state index in [4.69, 9.17) is 0 Å². The van der Waals surface area contributed by atoms with E-state index in [1.54, 1.807) is 0 Å². The van der Waals surface area contributed by atoms with E-state index >= 15 is 0 Å². The zero-order chi connectivity index (χ0) is 12.5. The SMILES string of the molecule is O=C1CNC(C(=O)NC2CCN(C3CC3)C2)CN1. The Morgan fingerprint density at radius 3 is 2.83 bits per heavy atom. The molecule has 6 heteroatoms. The molecule has 2 saturated heterocycles. The molecule has 2 aliphatic heterocycles. The predicted molar refractivity (Wildman–Crippen MR) is 65.9 cm³/mol. The highest BCUT2D eigenvalue weighted by Crippen LogP contribution is 2.29. The van der Waals surface area contributed by atoms with Gasteiger partial charge in [0.1, 0.15) is 6.04 Å². The van der Waals surface area contributed by atoms with E-state index in [1.165, 1.54) is 12.8 Å². The lowest BCUT2D eigenvalue weighted by Gasteiger charge is -2.25. The second-order valence-electron chi connectivity index (χ2n) is 5.46. The highest BCUT2D eigenvalue weighted by atomic mass is 16.2. The summed E-state index contributed by atoms with van der Waals surface area (Å²) in [7, 11) is 0. The standard InChI is InChI=1S/C12H20N4O2/c17-11-6-13-10(5-14-11)12(18)15-8-3-4-16(7-8)9-1-2-9/h8-10,13H,1-7H2,(H,14,17)(H,15,18). The van der Waals surface area contributed by atoms with Crippen molar-refractivity contribution >= 4 is 11.8 Å². The van der Waals surface area contributed by atoms with Crippen molar-refractivity contribution in [3.8, 4) is 0 Å². The average Bonchev–Trinajstić information content (AvgIpc) is 3.11. The summed E-state index contributed by atoms with van der Waals surface area (Å²) >= 11 is 0. The predicted octanol–water partition coefficient (Wildman–Crippen LogP) is -1.57. The second-order valence-corrected chi connectivity index (χ2v) is 5.46. The molecule has 3 rings (SSSR count). The molecule has 2 amide bonds. The first kappa shape index (κ1) is 11.9. The Bertz CT molecular complexity index is 346. The van der Waals surface area contributed by atoms with E-state index in [0.29, 0.717) is 6.54 Å². The number of piperazine rings is 1. The maximum atomic E-state index is 12.0. The molecule has 0 aromatic rings. The molecule has 2 heterocycles. The number of nitrogens with zero attached hydrogens (tertiary/aromatic N) is 1. The third-order valence-corrected chi connectivity index (χ3v) is 3.96. The van der Waals surface area contributed by atoms with Crippen molar-refractivity contribution in [1.29, 1.82) is 0 Å². The van der Waals surface area contributed by atoms with E-state index in [0.717, 1.165) is 25.6 Å². The Kier molecular flexibility index (Phi) is 3.22. The van der Waals surface area contributed by atoms with E-state index in [9.17, 15) is 9.59 Å². The van der Waals surface area contributed by atoms with Gasteiger partial charge in [0.2, 0.25) is 11.8 Å². The molecule has 18 heavy (non-hydrogen) atoms. The van der Waals surface area contributed by atoms with Gasteiger partial charge in [0.05, 0.1) is 6.54 Å². The Hall–Kier alpha value is -1.14. The van der Waals surface area contributed by atoms with Gasteiger partial charge < -0.3 is 10.6 Å². The van der Waals surface area contributed by atoms with Crippen LogP contribution in [-0.4, -0.2) is 61.0 Å². The van der Waals surface area contributed by atoms with Crippen LogP contribution in [0.5, 0.6) is 0 Å². The van der Waals surface area contributed by atoms with E-state index in [-0.39, 0.29) is 30.4 Å². The summed E-state index contributed by atoms with van der Waals surface area (Å²) in [6.07, 6.45) is 3.68. The van der Waals surface area contributed by atoms with Gasteiger partial charge in [-0.15, -0.1) is 0 Å². The number of amides is 2. The first-order chi connectivity index (χ1) is 8.72. The largest absolute Gasteiger partial charge is 0.353 e. The second kappa shape index (κ2) is 4.85. The highest BCUT2D eigenvalue weighted by molar-refractivity contribution is 5.86. The van der Waals surface area contributed by atoms with E-state index in [1.807, 2.05) is 0 Å². The molecule has 1 saturated carbocycles. The Balaban J connectivity index is 1.44. The van der Waals surface area contributed by atoms with Gasteiger partial charge in [-0.2, -0.15) is 0 Å². The molecule has 6 nitrogen and oxygen atoms in total. The molecule has 2 unspecified atom stereocenters. The van der Waals surface area contributed by atoms with Crippen LogP contribution in [0.25, 0.3) is 0 Å². The first-order valence-corrected chi connectivity index (χ1v) is 6.77. The van der Waals surface area contributed by atoms with Gasteiger partial charge in [0.15, 0.2) is 0 Å². The molecule has 3 aliphatic rings. The number of carbonyl (C=O) groups excluding carboxylic acids is 2. The average molecular weight is 252 g/mol. The Morgan fingerprint density at radius 1 is 1.33 bits per heavy atom. The van der Waals surface area contributed by atoms with Crippen molar-refractivity contribution in [2.45, 2.75) is 37.4 Å². The fourth-order valence-electron chi connectivity index (χ4n) is 2.73. The van der Waals surface area contributed by atoms with Crippen LogP contribution in [0.1, 0.15) is 19.3 Å². The lowest BCUT2D eigenvalue weighted by Crippen LogP contribution is -2.59. The van der Waals surface area contributed by atoms with Crippen LogP contribution < -0.4 is 16.0 Å². The minimum absolute atomic E-state index is 0.0117.